The summed E-state index contributed by atoms with van der Waals surface area (Å²) in [5.74, 6) is -1.81. The number of thioether (sulfide) groups is 1. The Morgan fingerprint density at radius 3 is 2.12 bits per heavy atom. The zero-order valence-electron chi connectivity index (χ0n) is 16.6. The molecule has 0 radical (unpaired) electrons. The highest BCUT2D eigenvalue weighted by atomic mass is 32.2. The van der Waals surface area contributed by atoms with Crippen molar-refractivity contribution in [3.8, 4) is 11.3 Å². The van der Waals surface area contributed by atoms with E-state index in [0.29, 0.717) is 32.8 Å². The van der Waals surface area contributed by atoms with Crippen molar-refractivity contribution in [3.05, 3.63) is 82.5 Å². The van der Waals surface area contributed by atoms with Gasteiger partial charge in [-0.25, -0.2) is 4.99 Å². The Kier molecular flexibility index (Phi) is 5.65. The monoisotopic (exact) mass is 446 g/mol. The molecule has 0 bridgehead atoms. The van der Waals surface area contributed by atoms with Crippen molar-refractivity contribution >= 4 is 46.5 Å². The predicted molar refractivity (Wildman–Crippen MR) is 115 cm³/mol. The summed E-state index contributed by atoms with van der Waals surface area (Å²) in [5.41, 5.74) is 1.30. The SMILES string of the molecule is CN1C(=O)/C(=C/c2ccc(-c3ccc(C(=O)[O-])cc3)o2)SC1=Nc1ccc(C(=O)[O-])cc1. The summed E-state index contributed by atoms with van der Waals surface area (Å²) in [4.78, 5) is 40.5. The van der Waals surface area contributed by atoms with Crippen LogP contribution in [-0.2, 0) is 4.79 Å². The number of furan rings is 1. The fourth-order valence-electron chi connectivity index (χ4n) is 2.92. The van der Waals surface area contributed by atoms with Gasteiger partial charge in [0.05, 0.1) is 22.5 Å². The van der Waals surface area contributed by atoms with Crippen LogP contribution in [0.2, 0.25) is 0 Å². The number of amides is 1. The molecule has 1 fully saturated rings. The molecule has 8 nitrogen and oxygen atoms in total. The van der Waals surface area contributed by atoms with E-state index in [1.807, 2.05) is 0 Å². The molecular formula is C23H14N2O6S-2. The van der Waals surface area contributed by atoms with Gasteiger partial charge in [-0.15, -0.1) is 0 Å². The molecule has 4 rings (SSSR count). The summed E-state index contributed by atoms with van der Waals surface area (Å²) in [5, 5.41) is 22.2. The second-order valence-electron chi connectivity index (χ2n) is 6.77. The van der Waals surface area contributed by atoms with Crippen molar-refractivity contribution in [1.82, 2.24) is 4.90 Å². The lowest BCUT2D eigenvalue weighted by Gasteiger charge is -2.07. The molecule has 1 aliphatic heterocycles. The first kappa shape index (κ1) is 21.1. The third kappa shape index (κ3) is 4.33. The third-order valence-corrected chi connectivity index (χ3v) is 5.70. The molecule has 0 unspecified atom stereocenters. The molecule has 1 amide bonds. The van der Waals surface area contributed by atoms with Crippen molar-refractivity contribution in [3.63, 3.8) is 0 Å². The fourth-order valence-corrected chi connectivity index (χ4v) is 3.89. The Morgan fingerprint density at radius 1 is 0.938 bits per heavy atom. The molecule has 1 aromatic heterocycles. The van der Waals surface area contributed by atoms with Crippen LogP contribution in [0, 0.1) is 0 Å². The molecule has 0 N–H and O–H groups in total. The van der Waals surface area contributed by atoms with Gasteiger partial charge < -0.3 is 24.2 Å². The number of carboxylic acid groups (broad SMARTS) is 2. The molecule has 0 saturated carbocycles. The number of benzene rings is 2. The van der Waals surface area contributed by atoms with Crippen molar-refractivity contribution in [2.24, 2.45) is 4.99 Å². The Morgan fingerprint density at radius 2 is 1.53 bits per heavy atom. The minimum absolute atomic E-state index is 0.0425. The maximum atomic E-state index is 12.6. The zero-order valence-corrected chi connectivity index (χ0v) is 17.4. The van der Waals surface area contributed by atoms with Gasteiger partial charge in [0.1, 0.15) is 11.5 Å². The number of aromatic carboxylic acids is 2. The average molecular weight is 446 g/mol. The van der Waals surface area contributed by atoms with Crippen LogP contribution < -0.4 is 10.2 Å². The number of nitrogens with zero attached hydrogens (tertiary/aromatic N) is 2. The summed E-state index contributed by atoms with van der Waals surface area (Å²) in [6.45, 7) is 0. The Labute approximate surface area is 186 Å². The first-order valence-electron chi connectivity index (χ1n) is 9.31. The molecule has 0 spiro atoms. The van der Waals surface area contributed by atoms with Gasteiger partial charge >= 0.3 is 0 Å². The minimum atomic E-state index is -1.27. The Hall–Kier alpha value is -4.11. The highest BCUT2D eigenvalue weighted by Gasteiger charge is 2.30. The predicted octanol–water partition coefficient (Wildman–Crippen LogP) is 1.91. The molecule has 3 aromatic rings. The van der Waals surface area contributed by atoms with Crippen LogP contribution in [0.25, 0.3) is 17.4 Å². The smallest absolute Gasteiger partial charge is 0.266 e. The number of hydrogen-bond donors (Lipinski definition) is 0. The van der Waals surface area contributed by atoms with E-state index < -0.39 is 11.9 Å². The minimum Gasteiger partial charge on any atom is -0.545 e. The molecule has 2 heterocycles. The lowest BCUT2D eigenvalue weighted by atomic mass is 10.1. The van der Waals surface area contributed by atoms with Gasteiger partial charge in [0.2, 0.25) is 0 Å². The van der Waals surface area contributed by atoms with E-state index in [2.05, 4.69) is 4.99 Å². The highest BCUT2D eigenvalue weighted by molar-refractivity contribution is 8.18. The summed E-state index contributed by atoms with van der Waals surface area (Å²) in [6.07, 6.45) is 1.60. The standard InChI is InChI=1S/C23H16N2O6S/c1-25-20(26)19(32-23(25)24-16-8-6-15(7-9-16)22(29)30)12-17-10-11-18(31-17)13-2-4-14(5-3-13)21(27)28/h2-12H,1H3,(H,27,28)(H,29,30)/p-2/b19-12-,24-23?. The second-order valence-corrected chi connectivity index (χ2v) is 7.78. The van der Waals surface area contributed by atoms with Gasteiger partial charge in [-0.1, -0.05) is 36.4 Å². The highest BCUT2D eigenvalue weighted by Crippen LogP contribution is 2.34. The second kappa shape index (κ2) is 8.56. The van der Waals surface area contributed by atoms with Crippen molar-refractivity contribution in [2.75, 3.05) is 7.05 Å². The van der Waals surface area contributed by atoms with Crippen molar-refractivity contribution in [2.45, 2.75) is 0 Å². The van der Waals surface area contributed by atoms with E-state index in [1.54, 1.807) is 37.4 Å². The molecule has 0 atom stereocenters. The largest absolute Gasteiger partial charge is 0.545 e. The van der Waals surface area contributed by atoms with Crippen LogP contribution >= 0.6 is 11.8 Å². The summed E-state index contributed by atoms with van der Waals surface area (Å²) in [6, 6.07) is 15.3. The topological polar surface area (TPSA) is 126 Å². The van der Waals surface area contributed by atoms with Gasteiger partial charge in [-0.05, 0) is 47.2 Å². The Bertz CT molecular complexity index is 1270. The molecule has 160 valence electrons. The van der Waals surface area contributed by atoms with Gasteiger partial charge in [0, 0.05) is 18.7 Å². The molecule has 1 aliphatic rings. The first-order chi connectivity index (χ1) is 15.3. The van der Waals surface area contributed by atoms with E-state index in [4.69, 9.17) is 4.42 Å². The van der Waals surface area contributed by atoms with Crippen LogP contribution in [0.1, 0.15) is 26.5 Å². The van der Waals surface area contributed by atoms with Crippen LogP contribution in [0.3, 0.4) is 0 Å². The average Bonchev–Trinajstić information content (AvgIpc) is 3.35. The number of likely N-dealkylation sites (N-methyl/N-ethyl adjacent to an activating group) is 1. The lowest BCUT2D eigenvalue weighted by Crippen LogP contribution is -2.23. The maximum Gasteiger partial charge on any atom is 0.266 e. The molecule has 32 heavy (non-hydrogen) atoms. The maximum absolute atomic E-state index is 12.6. The molecule has 2 aromatic carbocycles. The third-order valence-electron chi connectivity index (χ3n) is 4.64. The molecular weight excluding hydrogens is 432 g/mol. The number of carbonyl (C=O) groups excluding carboxylic acids is 3. The van der Waals surface area contributed by atoms with E-state index in [1.165, 1.54) is 41.3 Å². The van der Waals surface area contributed by atoms with E-state index in [-0.39, 0.29) is 17.0 Å². The quantitative estimate of drug-likeness (QED) is 0.548. The lowest BCUT2D eigenvalue weighted by molar-refractivity contribution is -0.256. The van der Waals surface area contributed by atoms with E-state index in [0.717, 1.165) is 11.8 Å². The van der Waals surface area contributed by atoms with Crippen LogP contribution in [-0.4, -0.2) is 35.0 Å². The van der Waals surface area contributed by atoms with Crippen molar-refractivity contribution < 1.29 is 29.0 Å². The van der Waals surface area contributed by atoms with E-state index >= 15 is 0 Å². The Balaban J connectivity index is 1.54. The molecule has 0 aliphatic carbocycles. The van der Waals surface area contributed by atoms with Gasteiger partial charge in [0.25, 0.3) is 5.91 Å². The van der Waals surface area contributed by atoms with Gasteiger partial charge in [0.15, 0.2) is 5.17 Å². The normalized spacial score (nSPS) is 16.2. The number of carbonyl (C=O) groups is 3. The summed E-state index contributed by atoms with van der Waals surface area (Å²) < 4.78 is 5.78. The zero-order chi connectivity index (χ0) is 22.8. The number of hydrogen-bond acceptors (Lipinski definition) is 8. The van der Waals surface area contributed by atoms with Crippen LogP contribution in [0.15, 0.2) is 75.0 Å². The number of rotatable bonds is 5. The number of amidine groups is 1. The first-order valence-corrected chi connectivity index (χ1v) is 10.1. The van der Waals surface area contributed by atoms with E-state index in [9.17, 15) is 24.6 Å². The van der Waals surface area contributed by atoms with Crippen LogP contribution in [0.5, 0.6) is 0 Å². The molecule has 9 heteroatoms. The van der Waals surface area contributed by atoms with Crippen LogP contribution in [0.4, 0.5) is 5.69 Å². The molecule has 1 saturated heterocycles. The van der Waals surface area contributed by atoms with Gasteiger partial charge in [-0.3, -0.25) is 9.69 Å². The van der Waals surface area contributed by atoms with Crippen molar-refractivity contribution in [1.29, 1.82) is 0 Å². The van der Waals surface area contributed by atoms with Gasteiger partial charge in [-0.2, -0.15) is 0 Å². The summed E-state index contributed by atoms with van der Waals surface area (Å²) in [7, 11) is 1.59. The fraction of sp³-hybridized carbons (Fsp3) is 0.0435. The summed E-state index contributed by atoms with van der Waals surface area (Å²) >= 11 is 1.16. The number of aliphatic imine (C=N–C) groups is 1. The number of carboxylic acids is 2.